The molecule has 1 aliphatic carbocycles. The molecule has 1 heterocycles. The summed E-state index contributed by atoms with van der Waals surface area (Å²) in [5, 5.41) is 11.6. The van der Waals surface area contributed by atoms with E-state index in [1.807, 2.05) is 24.3 Å². The lowest BCUT2D eigenvalue weighted by Gasteiger charge is -2.17. The van der Waals surface area contributed by atoms with Crippen molar-refractivity contribution in [3.05, 3.63) is 35.7 Å². The molecule has 1 fully saturated rings. The number of rotatable bonds is 7. The average molecular weight is 361 g/mol. The molecule has 0 spiro atoms. The highest BCUT2D eigenvalue weighted by atomic mass is 32.2. The summed E-state index contributed by atoms with van der Waals surface area (Å²) < 4.78 is 10.9. The highest BCUT2D eigenvalue weighted by Crippen LogP contribution is 2.32. The number of hydrogen-bond acceptors (Lipinski definition) is 6. The van der Waals surface area contributed by atoms with Gasteiger partial charge in [-0.1, -0.05) is 43.2 Å². The van der Waals surface area contributed by atoms with Crippen molar-refractivity contribution in [2.24, 2.45) is 0 Å². The molecule has 0 bridgehead atoms. The number of amides is 1. The van der Waals surface area contributed by atoms with E-state index in [9.17, 15) is 4.79 Å². The summed E-state index contributed by atoms with van der Waals surface area (Å²) in [4.78, 5) is 12.0. The van der Waals surface area contributed by atoms with Crippen LogP contribution in [0.4, 0.5) is 0 Å². The van der Waals surface area contributed by atoms with Crippen LogP contribution in [0.2, 0.25) is 0 Å². The van der Waals surface area contributed by atoms with Crippen LogP contribution in [0.3, 0.4) is 0 Å². The third kappa shape index (κ3) is 5.22. The lowest BCUT2D eigenvalue weighted by atomic mass is 9.89. The Morgan fingerprint density at radius 1 is 1.32 bits per heavy atom. The van der Waals surface area contributed by atoms with Crippen LogP contribution in [0.15, 0.2) is 33.9 Å². The van der Waals surface area contributed by atoms with Gasteiger partial charge >= 0.3 is 0 Å². The summed E-state index contributed by atoms with van der Waals surface area (Å²) in [5.41, 5.74) is 0.995. The Labute approximate surface area is 151 Å². The van der Waals surface area contributed by atoms with Crippen molar-refractivity contribution in [2.45, 2.75) is 49.8 Å². The number of carbonyl (C=O) groups is 1. The zero-order chi connectivity index (χ0) is 17.5. The van der Waals surface area contributed by atoms with E-state index in [-0.39, 0.29) is 11.7 Å². The molecule has 1 aromatic heterocycles. The molecule has 0 aliphatic heterocycles. The lowest BCUT2D eigenvalue weighted by Crippen LogP contribution is -2.24. The van der Waals surface area contributed by atoms with Gasteiger partial charge in [-0.25, -0.2) is 0 Å². The molecular formula is C18H23N3O3S. The van der Waals surface area contributed by atoms with E-state index in [1.54, 1.807) is 7.11 Å². The maximum atomic E-state index is 12.0. The third-order valence-electron chi connectivity index (χ3n) is 4.33. The van der Waals surface area contributed by atoms with Gasteiger partial charge in [-0.15, -0.1) is 10.2 Å². The topological polar surface area (TPSA) is 77.2 Å². The first-order valence-electron chi connectivity index (χ1n) is 8.60. The number of nitrogens with zero attached hydrogens (tertiary/aromatic N) is 2. The predicted molar refractivity (Wildman–Crippen MR) is 95.7 cm³/mol. The first-order valence-corrected chi connectivity index (χ1v) is 9.59. The Hall–Kier alpha value is -2.02. The maximum Gasteiger partial charge on any atom is 0.277 e. The summed E-state index contributed by atoms with van der Waals surface area (Å²) in [5.74, 6) is 2.08. The van der Waals surface area contributed by atoms with Gasteiger partial charge in [-0.2, -0.15) is 0 Å². The standard InChI is InChI=1S/C18H23N3O3S/c1-23-15-9-5-6-13(10-15)11-19-16(22)12-25-18-21-20-17(24-18)14-7-3-2-4-8-14/h5-6,9-10,14H,2-4,7-8,11-12H2,1H3,(H,19,22). The fourth-order valence-electron chi connectivity index (χ4n) is 2.95. The Bertz CT molecular complexity index is 698. The van der Waals surface area contributed by atoms with Gasteiger partial charge in [0.05, 0.1) is 12.9 Å². The minimum absolute atomic E-state index is 0.0646. The second-order valence-electron chi connectivity index (χ2n) is 6.16. The maximum absolute atomic E-state index is 12.0. The summed E-state index contributed by atoms with van der Waals surface area (Å²) >= 11 is 1.28. The fourth-order valence-corrected chi connectivity index (χ4v) is 3.55. The van der Waals surface area contributed by atoms with Crippen molar-refractivity contribution in [3.8, 4) is 5.75 Å². The van der Waals surface area contributed by atoms with Gasteiger partial charge in [0.2, 0.25) is 11.8 Å². The molecule has 0 radical (unpaired) electrons. The van der Waals surface area contributed by atoms with Crippen LogP contribution >= 0.6 is 11.8 Å². The first-order chi connectivity index (χ1) is 12.2. The van der Waals surface area contributed by atoms with Crippen LogP contribution < -0.4 is 10.1 Å². The molecular weight excluding hydrogens is 338 g/mol. The van der Waals surface area contributed by atoms with Crippen molar-refractivity contribution >= 4 is 17.7 Å². The highest BCUT2D eigenvalue weighted by molar-refractivity contribution is 7.99. The first kappa shape index (κ1) is 17.8. The van der Waals surface area contributed by atoms with Gasteiger partial charge in [-0.05, 0) is 30.5 Å². The monoisotopic (exact) mass is 361 g/mol. The minimum atomic E-state index is -0.0646. The summed E-state index contributed by atoms with van der Waals surface area (Å²) in [7, 11) is 1.63. The van der Waals surface area contributed by atoms with Crippen molar-refractivity contribution in [1.82, 2.24) is 15.5 Å². The minimum Gasteiger partial charge on any atom is -0.497 e. The highest BCUT2D eigenvalue weighted by Gasteiger charge is 2.21. The Morgan fingerprint density at radius 2 is 2.16 bits per heavy atom. The number of methoxy groups -OCH3 is 1. The quantitative estimate of drug-likeness (QED) is 0.760. The average Bonchev–Trinajstić information content (AvgIpc) is 3.15. The number of benzene rings is 1. The molecule has 0 atom stereocenters. The molecule has 25 heavy (non-hydrogen) atoms. The van der Waals surface area contributed by atoms with Crippen LogP contribution in [0.25, 0.3) is 0 Å². The summed E-state index contributed by atoms with van der Waals surface area (Å²) in [6.07, 6.45) is 5.98. The lowest BCUT2D eigenvalue weighted by molar-refractivity contribution is -0.118. The second-order valence-corrected chi connectivity index (χ2v) is 7.08. The van der Waals surface area contributed by atoms with E-state index in [1.165, 1.54) is 31.0 Å². The number of hydrogen-bond donors (Lipinski definition) is 1. The zero-order valence-corrected chi connectivity index (χ0v) is 15.2. The van der Waals surface area contributed by atoms with Gasteiger partial charge in [0.15, 0.2) is 0 Å². The van der Waals surface area contributed by atoms with Crippen LogP contribution in [0, 0.1) is 0 Å². The normalized spacial score (nSPS) is 15.1. The molecule has 6 nitrogen and oxygen atoms in total. The number of carbonyl (C=O) groups excluding carboxylic acids is 1. The summed E-state index contributed by atoms with van der Waals surface area (Å²) in [6.45, 7) is 0.466. The smallest absolute Gasteiger partial charge is 0.277 e. The molecule has 1 saturated carbocycles. The molecule has 0 unspecified atom stereocenters. The van der Waals surface area contributed by atoms with E-state index in [4.69, 9.17) is 9.15 Å². The Balaban J connectivity index is 1.43. The largest absolute Gasteiger partial charge is 0.497 e. The van der Waals surface area contributed by atoms with E-state index in [0.29, 0.717) is 17.7 Å². The molecule has 3 rings (SSSR count). The second kappa shape index (κ2) is 8.89. The molecule has 1 N–H and O–H groups in total. The van der Waals surface area contributed by atoms with E-state index >= 15 is 0 Å². The Morgan fingerprint density at radius 3 is 2.96 bits per heavy atom. The van der Waals surface area contributed by atoms with Gasteiger partial charge < -0.3 is 14.5 Å². The van der Waals surface area contributed by atoms with Crippen molar-refractivity contribution < 1.29 is 13.9 Å². The predicted octanol–water partition coefficient (Wildman–Crippen LogP) is 3.53. The summed E-state index contributed by atoms with van der Waals surface area (Å²) in [6, 6.07) is 7.63. The molecule has 1 aliphatic rings. The molecule has 2 aromatic rings. The number of ether oxygens (including phenoxy) is 1. The fraction of sp³-hybridized carbons (Fsp3) is 0.500. The number of aromatic nitrogens is 2. The van der Waals surface area contributed by atoms with Crippen LogP contribution in [-0.2, 0) is 11.3 Å². The van der Waals surface area contributed by atoms with Gasteiger partial charge in [0.1, 0.15) is 5.75 Å². The van der Waals surface area contributed by atoms with Gasteiger partial charge in [0.25, 0.3) is 5.22 Å². The van der Waals surface area contributed by atoms with E-state index in [0.717, 1.165) is 30.0 Å². The van der Waals surface area contributed by atoms with Gasteiger partial charge in [-0.3, -0.25) is 4.79 Å². The van der Waals surface area contributed by atoms with Crippen LogP contribution in [0.5, 0.6) is 5.75 Å². The Kier molecular flexibility index (Phi) is 6.33. The van der Waals surface area contributed by atoms with Crippen molar-refractivity contribution in [3.63, 3.8) is 0 Å². The molecule has 1 aromatic carbocycles. The SMILES string of the molecule is COc1cccc(CNC(=O)CSc2nnc(C3CCCCC3)o2)c1. The molecule has 0 saturated heterocycles. The third-order valence-corrected chi connectivity index (χ3v) is 5.15. The number of nitrogens with one attached hydrogen (secondary N) is 1. The van der Waals surface area contributed by atoms with Crippen LogP contribution in [-0.4, -0.2) is 29.0 Å². The van der Waals surface area contributed by atoms with Crippen molar-refractivity contribution in [1.29, 1.82) is 0 Å². The number of thioether (sulfide) groups is 1. The van der Waals surface area contributed by atoms with E-state index in [2.05, 4.69) is 15.5 Å². The molecule has 7 heteroatoms. The molecule has 134 valence electrons. The van der Waals surface area contributed by atoms with Gasteiger partial charge in [0, 0.05) is 12.5 Å². The molecule has 1 amide bonds. The van der Waals surface area contributed by atoms with E-state index < -0.39 is 0 Å². The van der Waals surface area contributed by atoms with Crippen molar-refractivity contribution in [2.75, 3.05) is 12.9 Å². The van der Waals surface area contributed by atoms with Crippen LogP contribution in [0.1, 0.15) is 49.5 Å². The zero-order valence-electron chi connectivity index (χ0n) is 14.4.